The van der Waals surface area contributed by atoms with Crippen LogP contribution in [0.25, 0.3) is 0 Å². The Bertz CT molecular complexity index is 683. The molecule has 0 amide bonds. The molecule has 0 spiro atoms. The van der Waals surface area contributed by atoms with Crippen molar-refractivity contribution in [2.75, 3.05) is 5.32 Å². The molecule has 0 aliphatic rings. The van der Waals surface area contributed by atoms with E-state index in [0.29, 0.717) is 25.9 Å². The molecule has 0 unspecified atom stereocenters. The van der Waals surface area contributed by atoms with Crippen molar-refractivity contribution in [1.29, 1.82) is 5.26 Å². The maximum atomic E-state index is 13.5. The van der Waals surface area contributed by atoms with Crippen LogP contribution < -0.4 is 5.32 Å². The Balaban J connectivity index is 2.35. The van der Waals surface area contributed by atoms with Gasteiger partial charge >= 0.3 is 0 Å². The quantitative estimate of drug-likeness (QED) is 0.717. The van der Waals surface area contributed by atoms with Crippen LogP contribution in [0.4, 0.5) is 15.8 Å². The molecule has 96 valence electrons. The van der Waals surface area contributed by atoms with Crippen molar-refractivity contribution in [3.05, 3.63) is 56.2 Å². The van der Waals surface area contributed by atoms with Gasteiger partial charge in [-0.1, -0.05) is 23.2 Å². The van der Waals surface area contributed by atoms with E-state index in [9.17, 15) is 4.39 Å². The van der Waals surface area contributed by atoms with Gasteiger partial charge in [-0.15, -0.1) is 0 Å². The number of hydrogen-bond donors (Lipinski definition) is 1. The molecule has 1 N–H and O–H groups in total. The third-order valence-electron chi connectivity index (χ3n) is 2.40. The third kappa shape index (κ3) is 3.01. The van der Waals surface area contributed by atoms with Crippen LogP contribution in [0.5, 0.6) is 0 Å². The Labute approximate surface area is 127 Å². The second-order valence-electron chi connectivity index (χ2n) is 3.65. The van der Waals surface area contributed by atoms with E-state index in [2.05, 4.69) is 21.2 Å². The second kappa shape index (κ2) is 5.79. The number of nitrogens with one attached hydrogen (secondary N) is 1. The van der Waals surface area contributed by atoms with Crippen LogP contribution in [0.15, 0.2) is 34.8 Å². The predicted molar refractivity (Wildman–Crippen MR) is 78.6 cm³/mol. The smallest absolute Gasteiger partial charge is 0.143 e. The highest BCUT2D eigenvalue weighted by Crippen LogP contribution is 2.37. The Morgan fingerprint density at radius 2 is 1.89 bits per heavy atom. The van der Waals surface area contributed by atoms with E-state index in [-0.39, 0.29) is 5.56 Å². The minimum atomic E-state index is -0.591. The van der Waals surface area contributed by atoms with E-state index >= 15 is 0 Å². The predicted octanol–water partition coefficient (Wildman–Crippen LogP) is 5.51. The highest BCUT2D eigenvalue weighted by atomic mass is 79.9. The van der Waals surface area contributed by atoms with Gasteiger partial charge in [0.15, 0.2) is 0 Å². The van der Waals surface area contributed by atoms with E-state index in [0.717, 1.165) is 0 Å². The lowest BCUT2D eigenvalue weighted by atomic mass is 10.2. The first-order valence-electron chi connectivity index (χ1n) is 5.13. The van der Waals surface area contributed by atoms with E-state index in [1.54, 1.807) is 24.3 Å². The first kappa shape index (κ1) is 14.1. The van der Waals surface area contributed by atoms with E-state index in [1.165, 1.54) is 12.1 Å². The molecule has 0 radical (unpaired) electrons. The summed E-state index contributed by atoms with van der Waals surface area (Å²) in [5, 5.41) is 12.3. The molecule has 0 saturated carbocycles. The zero-order valence-corrected chi connectivity index (χ0v) is 12.4. The van der Waals surface area contributed by atoms with E-state index < -0.39 is 5.82 Å². The van der Waals surface area contributed by atoms with Gasteiger partial charge in [0.05, 0.1) is 21.3 Å². The number of rotatable bonds is 2. The fourth-order valence-corrected chi connectivity index (χ4v) is 2.28. The molecule has 0 aromatic heterocycles. The summed E-state index contributed by atoms with van der Waals surface area (Å²) in [5.41, 5.74) is 1.03. The Kier molecular flexibility index (Phi) is 4.31. The fourth-order valence-electron chi connectivity index (χ4n) is 1.46. The largest absolute Gasteiger partial charge is 0.354 e. The van der Waals surface area contributed by atoms with Crippen molar-refractivity contribution in [1.82, 2.24) is 0 Å². The molecule has 2 rings (SSSR count). The lowest BCUT2D eigenvalue weighted by Crippen LogP contribution is -1.94. The minimum absolute atomic E-state index is 0.00881. The molecule has 0 heterocycles. The van der Waals surface area contributed by atoms with Crippen LogP contribution in [0.1, 0.15) is 5.56 Å². The average molecular weight is 360 g/mol. The van der Waals surface area contributed by atoms with Crippen molar-refractivity contribution < 1.29 is 4.39 Å². The fraction of sp³-hybridized carbons (Fsp3) is 0. The molecular formula is C13H6BrCl2FN2. The summed E-state index contributed by atoms with van der Waals surface area (Å²) in [7, 11) is 0. The van der Waals surface area contributed by atoms with Gasteiger partial charge in [0.25, 0.3) is 0 Å². The monoisotopic (exact) mass is 358 g/mol. The summed E-state index contributed by atoms with van der Waals surface area (Å²) in [6.45, 7) is 0. The van der Waals surface area contributed by atoms with Crippen molar-refractivity contribution in [3.8, 4) is 6.07 Å². The number of hydrogen-bond acceptors (Lipinski definition) is 2. The summed E-state index contributed by atoms with van der Waals surface area (Å²) >= 11 is 15.3. The summed E-state index contributed by atoms with van der Waals surface area (Å²) in [6.07, 6.45) is 0. The Hall–Kier alpha value is -1.28. The maximum absolute atomic E-state index is 13.5. The van der Waals surface area contributed by atoms with E-state index in [1.807, 2.05) is 0 Å². The average Bonchev–Trinajstić information content (AvgIpc) is 2.40. The molecule has 6 heteroatoms. The standard InChI is InChI=1S/C13H6BrCl2FN2/c14-9-3-4-11(13(16)12(9)15)19-8-2-1-7(6-18)10(17)5-8/h1-5,19H. The molecule has 19 heavy (non-hydrogen) atoms. The van der Waals surface area contributed by atoms with Gasteiger partial charge in [0.2, 0.25) is 0 Å². The minimum Gasteiger partial charge on any atom is -0.354 e. The SMILES string of the molecule is N#Cc1ccc(Nc2ccc(Br)c(Cl)c2Cl)cc1F. The highest BCUT2D eigenvalue weighted by molar-refractivity contribution is 9.10. The van der Waals surface area contributed by atoms with Gasteiger partial charge < -0.3 is 5.32 Å². The molecule has 0 fully saturated rings. The van der Waals surface area contributed by atoms with Gasteiger partial charge in [-0.3, -0.25) is 0 Å². The summed E-state index contributed by atoms with van der Waals surface area (Å²) < 4.78 is 14.1. The van der Waals surface area contributed by atoms with Gasteiger partial charge in [-0.25, -0.2) is 4.39 Å². The molecular weight excluding hydrogens is 354 g/mol. The van der Waals surface area contributed by atoms with Crippen LogP contribution in [-0.2, 0) is 0 Å². The highest BCUT2D eigenvalue weighted by Gasteiger charge is 2.09. The number of nitriles is 1. The number of nitrogens with zero attached hydrogens (tertiary/aromatic N) is 1. The van der Waals surface area contributed by atoms with Gasteiger partial charge in [-0.05, 0) is 46.3 Å². The molecule has 2 aromatic rings. The Morgan fingerprint density at radius 3 is 2.53 bits per heavy atom. The van der Waals surface area contributed by atoms with Crippen molar-refractivity contribution >= 4 is 50.5 Å². The Morgan fingerprint density at radius 1 is 1.16 bits per heavy atom. The third-order valence-corrected chi connectivity index (χ3v) is 4.17. The topological polar surface area (TPSA) is 35.8 Å². The molecule has 0 aliphatic heterocycles. The van der Waals surface area contributed by atoms with Crippen molar-refractivity contribution in [2.24, 2.45) is 0 Å². The number of halogens is 4. The number of benzene rings is 2. The van der Waals surface area contributed by atoms with E-state index in [4.69, 9.17) is 28.5 Å². The molecule has 2 nitrogen and oxygen atoms in total. The zero-order valence-electron chi connectivity index (χ0n) is 9.35. The lowest BCUT2D eigenvalue weighted by Gasteiger charge is -2.10. The molecule has 2 aromatic carbocycles. The molecule has 0 atom stereocenters. The molecule has 0 saturated heterocycles. The lowest BCUT2D eigenvalue weighted by molar-refractivity contribution is 0.624. The van der Waals surface area contributed by atoms with Crippen LogP contribution in [0.2, 0.25) is 10.0 Å². The van der Waals surface area contributed by atoms with Crippen LogP contribution in [-0.4, -0.2) is 0 Å². The summed E-state index contributed by atoms with van der Waals surface area (Å²) in [6, 6.07) is 9.42. The zero-order chi connectivity index (χ0) is 14.0. The van der Waals surface area contributed by atoms with Gasteiger partial charge in [0.1, 0.15) is 11.9 Å². The van der Waals surface area contributed by atoms with Crippen LogP contribution in [0, 0.1) is 17.1 Å². The van der Waals surface area contributed by atoms with Crippen molar-refractivity contribution in [2.45, 2.75) is 0 Å². The van der Waals surface area contributed by atoms with Gasteiger partial charge in [-0.2, -0.15) is 5.26 Å². The van der Waals surface area contributed by atoms with Gasteiger partial charge in [0, 0.05) is 10.2 Å². The maximum Gasteiger partial charge on any atom is 0.143 e. The normalized spacial score (nSPS) is 10.1. The van der Waals surface area contributed by atoms with Crippen LogP contribution in [0.3, 0.4) is 0 Å². The molecule has 0 aliphatic carbocycles. The van der Waals surface area contributed by atoms with Crippen LogP contribution >= 0.6 is 39.1 Å². The summed E-state index contributed by atoms with van der Waals surface area (Å²) in [4.78, 5) is 0. The van der Waals surface area contributed by atoms with Crippen molar-refractivity contribution in [3.63, 3.8) is 0 Å². The first-order chi connectivity index (χ1) is 9.02. The number of anilines is 2. The first-order valence-corrected chi connectivity index (χ1v) is 6.68. The second-order valence-corrected chi connectivity index (χ2v) is 5.26. The summed E-state index contributed by atoms with van der Waals surface area (Å²) in [5.74, 6) is -0.591. The molecule has 0 bridgehead atoms.